The number of phenols is 1. The highest BCUT2D eigenvalue weighted by molar-refractivity contribution is 5.44. The first kappa shape index (κ1) is 15.0. The third-order valence-corrected chi connectivity index (χ3v) is 3.07. The van der Waals surface area contributed by atoms with Crippen LogP contribution in [0.2, 0.25) is 0 Å². The second kappa shape index (κ2) is 6.18. The molecule has 0 saturated carbocycles. The first-order chi connectivity index (χ1) is 8.46. The zero-order valence-electron chi connectivity index (χ0n) is 11.7. The fourth-order valence-electron chi connectivity index (χ4n) is 1.76. The van der Waals surface area contributed by atoms with Gasteiger partial charge < -0.3 is 19.3 Å². The van der Waals surface area contributed by atoms with Gasteiger partial charge in [-0.1, -0.05) is 0 Å². The van der Waals surface area contributed by atoms with Crippen molar-refractivity contribution < 1.29 is 19.3 Å². The van der Waals surface area contributed by atoms with Gasteiger partial charge in [0.05, 0.1) is 18.8 Å². The van der Waals surface area contributed by atoms with Gasteiger partial charge in [0.2, 0.25) is 0 Å². The summed E-state index contributed by atoms with van der Waals surface area (Å²) >= 11 is 0. The average Bonchev–Trinajstić information content (AvgIpc) is 2.34. The third kappa shape index (κ3) is 3.22. The van der Waals surface area contributed by atoms with Crippen LogP contribution < -0.4 is 0 Å². The number of phenolic OH excluding ortho intramolecular Hbond substituents is 1. The minimum atomic E-state index is -0.418. The summed E-state index contributed by atoms with van der Waals surface area (Å²) in [5.74, 6) is 0.231. The summed E-state index contributed by atoms with van der Waals surface area (Å²) in [6.45, 7) is 4.67. The summed E-state index contributed by atoms with van der Waals surface area (Å²) in [5, 5.41) is 10.1. The van der Waals surface area contributed by atoms with Crippen LogP contribution in [0, 0.1) is 0 Å². The predicted octanol–water partition coefficient (Wildman–Crippen LogP) is 2.57. The smallest absolute Gasteiger partial charge is 0.126 e. The molecule has 0 aliphatic carbocycles. The van der Waals surface area contributed by atoms with E-state index in [-0.39, 0.29) is 5.75 Å². The maximum Gasteiger partial charge on any atom is 0.126 e. The molecule has 102 valence electrons. The molecule has 4 nitrogen and oxygen atoms in total. The normalized spacial score (nSPS) is 11.8. The number of methoxy groups -OCH3 is 3. The highest BCUT2D eigenvalue weighted by Crippen LogP contribution is 2.32. The number of hydrogen-bond donors (Lipinski definition) is 1. The molecular formula is C14H22O4. The van der Waals surface area contributed by atoms with Crippen LogP contribution in [0.15, 0.2) is 12.1 Å². The van der Waals surface area contributed by atoms with Crippen molar-refractivity contribution >= 4 is 0 Å². The average molecular weight is 254 g/mol. The number of benzene rings is 1. The van der Waals surface area contributed by atoms with Gasteiger partial charge in [0.15, 0.2) is 0 Å². The van der Waals surface area contributed by atoms with Crippen molar-refractivity contribution in [1.29, 1.82) is 0 Å². The first-order valence-electron chi connectivity index (χ1n) is 5.84. The van der Waals surface area contributed by atoms with Crippen LogP contribution in [0.3, 0.4) is 0 Å². The Morgan fingerprint density at radius 2 is 1.44 bits per heavy atom. The molecule has 0 aromatic heterocycles. The van der Waals surface area contributed by atoms with Crippen molar-refractivity contribution in [2.45, 2.75) is 32.7 Å². The van der Waals surface area contributed by atoms with Gasteiger partial charge >= 0.3 is 0 Å². The SMILES string of the molecule is COCc1cc(C(C)(C)OC)cc(COC)c1O. The molecule has 1 rings (SSSR count). The Labute approximate surface area is 108 Å². The lowest BCUT2D eigenvalue weighted by Gasteiger charge is -2.25. The summed E-state index contributed by atoms with van der Waals surface area (Å²) in [5.41, 5.74) is 2.06. The molecule has 1 N–H and O–H groups in total. The van der Waals surface area contributed by atoms with Crippen LogP contribution in [0.25, 0.3) is 0 Å². The standard InChI is InChI=1S/C14H22O4/c1-14(2,18-5)12-6-10(8-16-3)13(15)11(7-12)9-17-4/h6-7,15H,8-9H2,1-5H3. The van der Waals surface area contributed by atoms with Crippen LogP contribution >= 0.6 is 0 Å². The summed E-state index contributed by atoms with van der Waals surface area (Å²) in [7, 11) is 4.87. The van der Waals surface area contributed by atoms with E-state index in [1.165, 1.54) is 0 Å². The van der Waals surface area contributed by atoms with Gasteiger partial charge in [0, 0.05) is 32.5 Å². The largest absolute Gasteiger partial charge is 0.507 e. The van der Waals surface area contributed by atoms with Crippen LogP contribution in [0.5, 0.6) is 5.75 Å². The molecule has 0 fully saturated rings. The topological polar surface area (TPSA) is 47.9 Å². The molecule has 0 aliphatic heterocycles. The van der Waals surface area contributed by atoms with Crippen LogP contribution in [0.1, 0.15) is 30.5 Å². The molecule has 0 heterocycles. The Bertz CT molecular complexity index is 372. The molecule has 0 aliphatic rings. The van der Waals surface area contributed by atoms with E-state index >= 15 is 0 Å². The van der Waals surface area contributed by atoms with Crippen LogP contribution in [-0.4, -0.2) is 26.4 Å². The van der Waals surface area contributed by atoms with Crippen molar-refractivity contribution in [3.8, 4) is 5.75 Å². The predicted molar refractivity (Wildman–Crippen MR) is 69.6 cm³/mol. The Kier molecular flexibility index (Phi) is 5.14. The minimum absolute atomic E-state index is 0.231. The number of hydrogen-bond acceptors (Lipinski definition) is 4. The zero-order chi connectivity index (χ0) is 13.8. The molecule has 0 spiro atoms. The summed E-state index contributed by atoms with van der Waals surface area (Å²) in [4.78, 5) is 0. The molecule has 0 radical (unpaired) electrons. The molecule has 0 atom stereocenters. The Balaban J connectivity index is 3.28. The maximum absolute atomic E-state index is 10.1. The van der Waals surface area contributed by atoms with E-state index in [0.29, 0.717) is 13.2 Å². The van der Waals surface area contributed by atoms with Crippen molar-refractivity contribution in [3.05, 3.63) is 28.8 Å². The molecule has 18 heavy (non-hydrogen) atoms. The van der Waals surface area contributed by atoms with E-state index < -0.39 is 5.60 Å². The van der Waals surface area contributed by atoms with E-state index in [9.17, 15) is 5.11 Å². The van der Waals surface area contributed by atoms with Crippen LogP contribution in [0.4, 0.5) is 0 Å². The van der Waals surface area contributed by atoms with Gasteiger partial charge in [-0.3, -0.25) is 0 Å². The van der Waals surface area contributed by atoms with Crippen LogP contribution in [-0.2, 0) is 33.0 Å². The quantitative estimate of drug-likeness (QED) is 0.847. The van der Waals surface area contributed by atoms with E-state index in [0.717, 1.165) is 16.7 Å². The summed E-state index contributed by atoms with van der Waals surface area (Å²) < 4.78 is 15.7. The van der Waals surface area contributed by atoms with E-state index in [2.05, 4.69) is 0 Å². The second-order valence-electron chi connectivity index (χ2n) is 4.72. The lowest BCUT2D eigenvalue weighted by Crippen LogP contribution is -2.20. The Hall–Kier alpha value is -1.10. The molecular weight excluding hydrogens is 232 g/mol. The maximum atomic E-state index is 10.1. The van der Waals surface area contributed by atoms with Gasteiger partial charge in [-0.25, -0.2) is 0 Å². The monoisotopic (exact) mass is 254 g/mol. The number of rotatable bonds is 6. The molecule has 0 amide bonds. The second-order valence-corrected chi connectivity index (χ2v) is 4.72. The molecule has 4 heteroatoms. The molecule has 0 bridgehead atoms. The lowest BCUT2D eigenvalue weighted by atomic mass is 9.93. The van der Waals surface area contributed by atoms with Crippen molar-refractivity contribution in [1.82, 2.24) is 0 Å². The first-order valence-corrected chi connectivity index (χ1v) is 5.84. The Morgan fingerprint density at radius 3 is 1.78 bits per heavy atom. The Morgan fingerprint density at radius 1 is 1.00 bits per heavy atom. The van der Waals surface area contributed by atoms with Gasteiger partial charge in [-0.2, -0.15) is 0 Å². The fraction of sp³-hybridized carbons (Fsp3) is 0.571. The molecule has 1 aromatic rings. The van der Waals surface area contributed by atoms with Crippen molar-refractivity contribution in [2.24, 2.45) is 0 Å². The van der Waals surface area contributed by atoms with Gasteiger partial charge in [0.1, 0.15) is 5.75 Å². The number of ether oxygens (including phenoxy) is 3. The van der Waals surface area contributed by atoms with Gasteiger partial charge in [-0.15, -0.1) is 0 Å². The van der Waals surface area contributed by atoms with E-state index in [1.54, 1.807) is 21.3 Å². The highest BCUT2D eigenvalue weighted by Gasteiger charge is 2.22. The van der Waals surface area contributed by atoms with Gasteiger partial charge in [0.25, 0.3) is 0 Å². The van der Waals surface area contributed by atoms with Crippen molar-refractivity contribution in [2.75, 3.05) is 21.3 Å². The number of aromatic hydroxyl groups is 1. The van der Waals surface area contributed by atoms with Crippen molar-refractivity contribution in [3.63, 3.8) is 0 Å². The van der Waals surface area contributed by atoms with E-state index in [1.807, 2.05) is 26.0 Å². The minimum Gasteiger partial charge on any atom is -0.507 e. The van der Waals surface area contributed by atoms with E-state index in [4.69, 9.17) is 14.2 Å². The lowest BCUT2D eigenvalue weighted by molar-refractivity contribution is 0.0188. The molecule has 0 unspecified atom stereocenters. The molecule has 1 aromatic carbocycles. The highest BCUT2D eigenvalue weighted by atomic mass is 16.5. The summed E-state index contributed by atoms with van der Waals surface area (Å²) in [6.07, 6.45) is 0. The zero-order valence-corrected chi connectivity index (χ0v) is 11.7. The fourth-order valence-corrected chi connectivity index (χ4v) is 1.76. The van der Waals surface area contributed by atoms with Gasteiger partial charge in [-0.05, 0) is 31.5 Å². The summed E-state index contributed by atoms with van der Waals surface area (Å²) in [6, 6.07) is 3.81. The molecule has 0 saturated heterocycles. The third-order valence-electron chi connectivity index (χ3n) is 3.07.